The van der Waals surface area contributed by atoms with Crippen molar-refractivity contribution in [3.8, 4) is 0 Å². The number of benzene rings is 2. The molecule has 1 aliphatic rings. The van der Waals surface area contributed by atoms with Crippen LogP contribution in [0.15, 0.2) is 53.4 Å². The first-order valence-electron chi connectivity index (χ1n) is 9.33. The van der Waals surface area contributed by atoms with Crippen LogP contribution >= 0.6 is 0 Å². The smallest absolute Gasteiger partial charge is 0.251 e. The molecule has 1 atom stereocenters. The lowest BCUT2D eigenvalue weighted by Crippen LogP contribution is -2.30. The van der Waals surface area contributed by atoms with E-state index in [0.717, 1.165) is 18.4 Å². The van der Waals surface area contributed by atoms with E-state index in [1.165, 1.54) is 10.4 Å². The van der Waals surface area contributed by atoms with E-state index in [-0.39, 0.29) is 16.7 Å². The number of carbonyl (C=O) groups excluding carboxylic acids is 1. The predicted molar refractivity (Wildman–Crippen MR) is 106 cm³/mol. The van der Waals surface area contributed by atoms with Crippen LogP contribution in [0.5, 0.6) is 0 Å². The Morgan fingerprint density at radius 1 is 1.11 bits per heavy atom. The minimum absolute atomic E-state index is 0.174. The molecule has 0 spiro atoms. The SMILES string of the molecule is Cc1ccc(C(=O)NCC(C)c2ccccc2)cc1S(=O)(=O)N1CCCC1. The summed E-state index contributed by atoms with van der Waals surface area (Å²) in [7, 11) is -3.55. The molecule has 0 aromatic heterocycles. The van der Waals surface area contributed by atoms with E-state index in [0.29, 0.717) is 30.8 Å². The number of hydrogen-bond acceptors (Lipinski definition) is 3. The second-order valence-corrected chi connectivity index (χ2v) is 9.02. The Bertz CT molecular complexity index is 904. The molecule has 1 unspecified atom stereocenters. The third kappa shape index (κ3) is 4.39. The van der Waals surface area contributed by atoms with Gasteiger partial charge in [-0.25, -0.2) is 8.42 Å². The van der Waals surface area contributed by atoms with Crippen LogP contribution in [0.2, 0.25) is 0 Å². The summed E-state index contributed by atoms with van der Waals surface area (Å²) in [5.41, 5.74) is 2.19. The van der Waals surface area contributed by atoms with Crippen LogP contribution < -0.4 is 5.32 Å². The van der Waals surface area contributed by atoms with Gasteiger partial charge in [0, 0.05) is 25.2 Å². The molecule has 0 bridgehead atoms. The van der Waals surface area contributed by atoms with E-state index in [2.05, 4.69) is 5.32 Å². The number of amides is 1. The molecule has 0 radical (unpaired) electrons. The Hall–Kier alpha value is -2.18. The van der Waals surface area contributed by atoms with Gasteiger partial charge in [0.1, 0.15) is 0 Å². The van der Waals surface area contributed by atoms with E-state index < -0.39 is 10.0 Å². The first kappa shape index (κ1) is 19.6. The molecule has 2 aromatic carbocycles. The second-order valence-electron chi connectivity index (χ2n) is 7.11. The molecular formula is C21H26N2O3S. The van der Waals surface area contributed by atoms with Gasteiger partial charge in [0.05, 0.1) is 4.90 Å². The second kappa shape index (κ2) is 8.23. The molecule has 0 saturated carbocycles. The minimum atomic E-state index is -3.55. The van der Waals surface area contributed by atoms with Gasteiger partial charge in [-0.3, -0.25) is 4.79 Å². The quantitative estimate of drug-likeness (QED) is 0.828. The molecule has 1 saturated heterocycles. The van der Waals surface area contributed by atoms with Crippen molar-refractivity contribution in [2.45, 2.75) is 37.5 Å². The maximum absolute atomic E-state index is 12.9. The van der Waals surface area contributed by atoms with Gasteiger partial charge in [0.15, 0.2) is 0 Å². The van der Waals surface area contributed by atoms with Crippen molar-refractivity contribution in [2.24, 2.45) is 0 Å². The maximum Gasteiger partial charge on any atom is 0.251 e. The molecule has 6 heteroatoms. The van der Waals surface area contributed by atoms with Gasteiger partial charge < -0.3 is 5.32 Å². The first-order valence-corrected chi connectivity index (χ1v) is 10.8. The fourth-order valence-corrected chi connectivity index (χ4v) is 5.10. The van der Waals surface area contributed by atoms with Gasteiger partial charge in [0.25, 0.3) is 5.91 Å². The third-order valence-corrected chi connectivity index (χ3v) is 7.11. The monoisotopic (exact) mass is 386 g/mol. The van der Waals surface area contributed by atoms with Crippen molar-refractivity contribution in [3.05, 3.63) is 65.2 Å². The van der Waals surface area contributed by atoms with Gasteiger partial charge in [0.2, 0.25) is 10.0 Å². The zero-order chi connectivity index (χ0) is 19.4. The lowest BCUT2D eigenvalue weighted by Gasteiger charge is -2.18. The number of carbonyl (C=O) groups is 1. The molecule has 5 nitrogen and oxygen atoms in total. The normalized spacial score (nSPS) is 16.2. The summed E-state index contributed by atoms with van der Waals surface area (Å²) in [6, 6.07) is 14.9. The lowest BCUT2D eigenvalue weighted by molar-refractivity contribution is 0.0951. The van der Waals surface area contributed by atoms with Crippen LogP contribution in [-0.2, 0) is 10.0 Å². The molecular weight excluding hydrogens is 360 g/mol. The Morgan fingerprint density at radius 2 is 1.78 bits per heavy atom. The van der Waals surface area contributed by atoms with Crippen LogP contribution in [0.4, 0.5) is 0 Å². The van der Waals surface area contributed by atoms with Crippen LogP contribution in [0.1, 0.15) is 47.2 Å². The van der Waals surface area contributed by atoms with Crippen LogP contribution in [0, 0.1) is 6.92 Å². The molecule has 27 heavy (non-hydrogen) atoms. The summed E-state index contributed by atoms with van der Waals surface area (Å²) < 4.78 is 27.3. The molecule has 2 aromatic rings. The summed E-state index contributed by atoms with van der Waals surface area (Å²) in [5, 5.41) is 2.92. The average Bonchev–Trinajstić information content (AvgIpc) is 3.22. The summed E-state index contributed by atoms with van der Waals surface area (Å²) in [6.45, 7) is 5.40. The highest BCUT2D eigenvalue weighted by Gasteiger charge is 2.29. The van der Waals surface area contributed by atoms with Crippen molar-refractivity contribution in [3.63, 3.8) is 0 Å². The van der Waals surface area contributed by atoms with Gasteiger partial charge in [-0.2, -0.15) is 4.31 Å². The molecule has 1 N–H and O–H groups in total. The highest BCUT2D eigenvalue weighted by atomic mass is 32.2. The average molecular weight is 387 g/mol. The molecule has 1 amide bonds. The Morgan fingerprint density at radius 3 is 2.44 bits per heavy atom. The number of nitrogens with one attached hydrogen (secondary N) is 1. The van der Waals surface area contributed by atoms with E-state index in [1.807, 2.05) is 37.3 Å². The van der Waals surface area contributed by atoms with Gasteiger partial charge in [-0.15, -0.1) is 0 Å². The van der Waals surface area contributed by atoms with E-state index >= 15 is 0 Å². The highest BCUT2D eigenvalue weighted by molar-refractivity contribution is 7.89. The fraction of sp³-hybridized carbons (Fsp3) is 0.381. The van der Waals surface area contributed by atoms with E-state index in [1.54, 1.807) is 19.1 Å². The van der Waals surface area contributed by atoms with E-state index in [9.17, 15) is 13.2 Å². The lowest BCUT2D eigenvalue weighted by atomic mass is 10.0. The zero-order valence-electron chi connectivity index (χ0n) is 15.8. The maximum atomic E-state index is 12.9. The van der Waals surface area contributed by atoms with Crippen molar-refractivity contribution in [1.29, 1.82) is 0 Å². The standard InChI is InChI=1S/C21H26N2O3S/c1-16-10-11-19(14-20(16)27(25,26)23-12-6-7-13-23)21(24)22-15-17(2)18-8-4-3-5-9-18/h3-5,8-11,14,17H,6-7,12-13,15H2,1-2H3,(H,22,24). The molecule has 3 rings (SSSR count). The Kier molecular flexibility index (Phi) is 5.97. The van der Waals surface area contributed by atoms with Crippen molar-refractivity contribution in [2.75, 3.05) is 19.6 Å². The van der Waals surface area contributed by atoms with Crippen LogP contribution in [0.25, 0.3) is 0 Å². The number of nitrogens with zero attached hydrogens (tertiary/aromatic N) is 1. The minimum Gasteiger partial charge on any atom is -0.351 e. The largest absolute Gasteiger partial charge is 0.351 e. The topological polar surface area (TPSA) is 66.5 Å². The van der Waals surface area contributed by atoms with Crippen molar-refractivity contribution in [1.82, 2.24) is 9.62 Å². The Labute approximate surface area is 161 Å². The fourth-order valence-electron chi connectivity index (χ4n) is 3.33. The number of rotatable bonds is 6. The summed E-state index contributed by atoms with van der Waals surface area (Å²) in [4.78, 5) is 12.8. The molecule has 1 heterocycles. The molecule has 1 fully saturated rings. The predicted octanol–water partition coefficient (Wildman–Crippen LogP) is 3.31. The van der Waals surface area contributed by atoms with Gasteiger partial charge >= 0.3 is 0 Å². The van der Waals surface area contributed by atoms with Crippen molar-refractivity contribution >= 4 is 15.9 Å². The molecule has 1 aliphatic heterocycles. The number of aryl methyl sites for hydroxylation is 1. The zero-order valence-corrected chi connectivity index (χ0v) is 16.6. The van der Waals surface area contributed by atoms with Crippen LogP contribution in [-0.4, -0.2) is 38.3 Å². The van der Waals surface area contributed by atoms with Crippen molar-refractivity contribution < 1.29 is 13.2 Å². The third-order valence-electron chi connectivity index (χ3n) is 5.07. The molecule has 0 aliphatic carbocycles. The van der Waals surface area contributed by atoms with E-state index in [4.69, 9.17) is 0 Å². The van der Waals surface area contributed by atoms with Gasteiger partial charge in [-0.05, 0) is 48.9 Å². The molecule has 144 valence electrons. The highest BCUT2D eigenvalue weighted by Crippen LogP contribution is 2.24. The number of sulfonamides is 1. The Balaban J connectivity index is 1.74. The summed E-state index contributed by atoms with van der Waals surface area (Å²) in [6.07, 6.45) is 1.77. The van der Waals surface area contributed by atoms with Gasteiger partial charge in [-0.1, -0.05) is 43.3 Å². The summed E-state index contributed by atoms with van der Waals surface area (Å²) in [5.74, 6) is -0.0796. The number of hydrogen-bond donors (Lipinski definition) is 1. The summed E-state index contributed by atoms with van der Waals surface area (Å²) >= 11 is 0. The first-order chi connectivity index (χ1) is 12.9. The van der Waals surface area contributed by atoms with Crippen LogP contribution in [0.3, 0.4) is 0 Å².